The molecule has 0 fully saturated rings. The molecule has 1 heterocycles. The molecule has 0 N–H and O–H groups in total. The highest BCUT2D eigenvalue weighted by Gasteiger charge is 2.14. The smallest absolute Gasteiger partial charge is 0.396 e. The van der Waals surface area contributed by atoms with Crippen molar-refractivity contribution in [2.45, 2.75) is 12.1 Å². The Morgan fingerprint density at radius 3 is 3.00 bits per heavy atom. The second kappa shape index (κ2) is 3.85. The summed E-state index contributed by atoms with van der Waals surface area (Å²) in [6, 6.07) is 0. The largest absolute Gasteiger partial charge is 0.459 e. The van der Waals surface area contributed by atoms with E-state index < -0.39 is 5.97 Å². The Labute approximate surface area is 72.3 Å². The summed E-state index contributed by atoms with van der Waals surface area (Å²) in [5.74, 6) is -0.810. The zero-order valence-corrected chi connectivity index (χ0v) is 7.13. The maximum atomic E-state index is 10.9. The van der Waals surface area contributed by atoms with Gasteiger partial charge in [0.2, 0.25) is 0 Å². The van der Waals surface area contributed by atoms with Crippen LogP contribution in [-0.2, 0) is 4.74 Å². The van der Waals surface area contributed by atoms with Crippen LogP contribution < -0.4 is 0 Å². The number of hydrogen-bond acceptors (Lipinski definition) is 5. The van der Waals surface area contributed by atoms with Crippen molar-refractivity contribution in [3.8, 4) is 5.69 Å². The van der Waals surface area contributed by atoms with Crippen LogP contribution in [0.25, 0.3) is 0 Å². The van der Waals surface area contributed by atoms with Crippen LogP contribution in [0.2, 0.25) is 0 Å². The molecule has 0 aliphatic rings. The van der Waals surface area contributed by atoms with Gasteiger partial charge in [-0.3, -0.25) is 0 Å². The molecule has 0 atom stereocenters. The van der Waals surface area contributed by atoms with Gasteiger partial charge in [-0.15, -0.1) is 0 Å². The summed E-state index contributed by atoms with van der Waals surface area (Å²) in [5, 5.41) is 7.01. The lowest BCUT2D eigenvalue weighted by Gasteiger charge is -1.93. The van der Waals surface area contributed by atoms with E-state index in [1.54, 1.807) is 6.92 Å². The molecule has 5 nitrogen and oxygen atoms in total. The molecule has 12 heavy (non-hydrogen) atoms. The van der Waals surface area contributed by atoms with Gasteiger partial charge in [0.05, 0.1) is 6.61 Å². The minimum Gasteiger partial charge on any atom is -0.459 e. The Hall–Kier alpha value is -1.39. The fourth-order valence-corrected chi connectivity index (χ4v) is 0.748. The molecule has 0 radical (unpaired) electrons. The number of carbonyl (C=O) groups is 1. The first-order valence-electron chi connectivity index (χ1n) is 3.15. The second-order valence-corrected chi connectivity index (χ2v) is 2.30. The van der Waals surface area contributed by atoms with Gasteiger partial charge in [-0.2, -0.15) is 0 Å². The normalized spacial score (nSPS) is 9.33. The monoisotopic (exact) mass is 186 g/mol. The molecule has 0 unspecified atom stereocenters. The summed E-state index contributed by atoms with van der Waals surface area (Å²) in [6.07, 6.45) is 0. The highest BCUT2D eigenvalue weighted by Crippen LogP contribution is 2.06. The predicted molar refractivity (Wildman–Crippen MR) is 41.1 cm³/mol. The van der Waals surface area contributed by atoms with E-state index in [2.05, 4.69) is 14.9 Å². The van der Waals surface area contributed by atoms with Crippen LogP contribution in [0.3, 0.4) is 0 Å². The highest BCUT2D eigenvalue weighted by molar-refractivity contribution is 7.88. The fraction of sp³-hybridized carbons (Fsp3) is 0.333. The van der Waals surface area contributed by atoms with E-state index in [9.17, 15) is 4.79 Å². The van der Waals surface area contributed by atoms with Crippen LogP contribution in [0.1, 0.15) is 17.6 Å². The molecule has 0 aliphatic carbocycles. The molecular weight excluding hydrogens is 180 g/mol. The fourth-order valence-electron chi connectivity index (χ4n) is 0.533. The molecule has 0 saturated carbocycles. The number of ether oxygens (including phenoxy) is 1. The summed E-state index contributed by atoms with van der Waals surface area (Å²) < 4.78 is 9.39. The van der Waals surface area contributed by atoms with E-state index in [0.29, 0.717) is 0 Å². The van der Waals surface area contributed by atoms with Crippen LogP contribution in [0.5, 0.6) is 0 Å². The Bertz CT molecular complexity index is 328. The Kier molecular flexibility index (Phi) is 2.79. The predicted octanol–water partition coefficient (Wildman–Crippen LogP) is 0.927. The van der Waals surface area contributed by atoms with E-state index in [1.807, 2.05) is 0 Å². The van der Waals surface area contributed by atoms with Gasteiger partial charge in [0, 0.05) is 0 Å². The number of carbonyl (C=O) groups excluding carboxylic acids is 1. The average Bonchev–Trinajstić information content (AvgIpc) is 2.52. The van der Waals surface area contributed by atoms with Crippen LogP contribution in [0.4, 0.5) is 0 Å². The molecule has 6 heteroatoms. The third-order valence-corrected chi connectivity index (χ3v) is 1.32. The lowest BCUT2D eigenvalue weighted by molar-refractivity contribution is 0.0475. The molecule has 1 rings (SSSR count). The average molecular weight is 186 g/mol. The van der Waals surface area contributed by atoms with Gasteiger partial charge in [-0.1, -0.05) is 15.9 Å². The van der Waals surface area contributed by atoms with Crippen molar-refractivity contribution in [1.29, 1.82) is 0 Å². The summed E-state index contributed by atoms with van der Waals surface area (Å²) in [4.78, 5) is 10.9. The Morgan fingerprint density at radius 1 is 1.75 bits per heavy atom. The van der Waals surface area contributed by atoms with Gasteiger partial charge in [0.15, 0.2) is 0 Å². The summed E-state index contributed by atoms with van der Waals surface area (Å²) in [7, 11) is 0. The summed E-state index contributed by atoms with van der Waals surface area (Å²) in [6.45, 7) is 1.96. The first kappa shape index (κ1) is 8.70. The zero-order valence-electron chi connectivity index (χ0n) is 6.31. The van der Waals surface area contributed by atoms with Crippen LogP contribution in [0.15, 0.2) is 9.64 Å². The third kappa shape index (κ3) is 1.81. The van der Waals surface area contributed by atoms with Gasteiger partial charge in [0.1, 0.15) is 0 Å². The zero-order chi connectivity index (χ0) is 8.97. The molecule has 1 aromatic rings. The van der Waals surface area contributed by atoms with Crippen molar-refractivity contribution in [3.63, 3.8) is 0 Å². The van der Waals surface area contributed by atoms with Gasteiger partial charge >= 0.3 is 17.1 Å². The Balaban J connectivity index is 2.76. The van der Waals surface area contributed by atoms with Crippen LogP contribution in [-0.4, -0.2) is 22.8 Å². The quantitative estimate of drug-likeness (QED) is 0.643. The van der Waals surface area contributed by atoms with Gasteiger partial charge in [-0.05, 0) is 18.1 Å². The number of aromatic nitrogens is 2. The highest BCUT2D eigenvalue weighted by atomic mass is 32.1. The van der Waals surface area contributed by atoms with Gasteiger partial charge < -0.3 is 9.15 Å². The summed E-state index contributed by atoms with van der Waals surface area (Å²) >= 11 is 0.777. The van der Waals surface area contributed by atoms with Crippen LogP contribution in [0, 0.1) is 5.69 Å². The molecule has 0 bridgehead atoms. The van der Waals surface area contributed by atoms with E-state index in [0.717, 1.165) is 11.2 Å². The molecule has 64 valence electrons. The second-order valence-electron chi connectivity index (χ2n) is 1.71. The van der Waals surface area contributed by atoms with Crippen molar-refractivity contribution < 1.29 is 13.9 Å². The van der Waals surface area contributed by atoms with E-state index in [-0.39, 0.29) is 17.7 Å². The van der Waals surface area contributed by atoms with E-state index >= 15 is 0 Å². The lowest BCUT2D eigenvalue weighted by atomic mass is 10.7. The maximum Gasteiger partial charge on any atom is 0.396 e. The molecular formula is C6H6N2O3S. The number of rotatable bonds is 2. The minimum absolute atomic E-state index is 0.137. The van der Waals surface area contributed by atoms with Gasteiger partial charge in [0.25, 0.3) is 0 Å². The molecule has 0 aromatic carbocycles. The van der Waals surface area contributed by atoms with Crippen molar-refractivity contribution in [2.24, 2.45) is 0 Å². The standard InChI is InChI=1S/C6H6N2O3S/c1-3-10-5(9)4-7-8-6(11-4)12-2/h2H,3H2,1H3. The van der Waals surface area contributed by atoms with Crippen LogP contribution >= 0.6 is 11.2 Å². The van der Waals surface area contributed by atoms with Crippen molar-refractivity contribution >= 4 is 17.1 Å². The Morgan fingerprint density at radius 2 is 2.50 bits per heavy atom. The van der Waals surface area contributed by atoms with Crippen molar-refractivity contribution in [1.82, 2.24) is 10.2 Å². The maximum absolute atomic E-state index is 10.9. The first-order chi connectivity index (χ1) is 5.77. The van der Waals surface area contributed by atoms with E-state index in [4.69, 9.17) is 10.1 Å². The molecule has 0 amide bonds. The SMILES string of the molecule is C#Sc1nnc(C(=O)OCC)o1. The molecule has 1 aromatic heterocycles. The third-order valence-electron chi connectivity index (χ3n) is 0.957. The topological polar surface area (TPSA) is 65.2 Å². The number of nitrogens with zero attached hydrogens (tertiary/aromatic N) is 2. The first-order valence-corrected chi connectivity index (χ1v) is 4.03. The van der Waals surface area contributed by atoms with Crippen molar-refractivity contribution in [2.75, 3.05) is 6.61 Å². The minimum atomic E-state index is -0.634. The molecule has 0 spiro atoms. The lowest BCUT2D eigenvalue weighted by Crippen LogP contribution is -2.04. The molecule has 0 saturated heterocycles. The van der Waals surface area contributed by atoms with Gasteiger partial charge in [-0.25, -0.2) is 4.79 Å². The number of hydrogen-bond donors (Lipinski definition) is 0. The number of esters is 1. The van der Waals surface area contributed by atoms with Crippen molar-refractivity contribution in [3.05, 3.63) is 5.89 Å². The van der Waals surface area contributed by atoms with E-state index in [1.165, 1.54) is 0 Å². The summed E-state index contributed by atoms with van der Waals surface area (Å²) in [5.41, 5.74) is 5.11. The molecule has 0 aliphatic heterocycles.